The third-order valence-corrected chi connectivity index (χ3v) is 3.13. The number of guanidine groups is 1. The smallest absolute Gasteiger partial charge is 0.241 e. The van der Waals surface area contributed by atoms with Gasteiger partial charge in [0.2, 0.25) is 5.91 Å². The van der Waals surface area contributed by atoms with Crippen LogP contribution >= 0.6 is 11.6 Å². The van der Waals surface area contributed by atoms with E-state index in [1.165, 1.54) is 0 Å². The lowest BCUT2D eigenvalue weighted by Crippen LogP contribution is -2.39. The van der Waals surface area contributed by atoms with Crippen LogP contribution in [0.3, 0.4) is 0 Å². The molecule has 0 aliphatic heterocycles. The van der Waals surface area contributed by atoms with E-state index in [0.29, 0.717) is 12.5 Å². The number of rotatable bonds is 8. The lowest BCUT2D eigenvalue weighted by atomic mass is 10.1. The van der Waals surface area contributed by atoms with Gasteiger partial charge in [-0.3, -0.25) is 4.79 Å². The molecule has 0 bridgehead atoms. The second-order valence-electron chi connectivity index (χ2n) is 4.85. The molecule has 0 unspecified atom stereocenters. The minimum atomic E-state index is -0.0612. The Morgan fingerprint density at radius 1 is 1.18 bits per heavy atom. The number of benzene rings is 1. The Hall–Kier alpha value is -1.75. The van der Waals surface area contributed by atoms with Crippen molar-refractivity contribution in [1.82, 2.24) is 16.0 Å². The second-order valence-corrected chi connectivity index (χ2v) is 5.29. The Labute approximate surface area is 137 Å². The van der Waals surface area contributed by atoms with E-state index in [4.69, 9.17) is 11.6 Å². The van der Waals surface area contributed by atoms with Gasteiger partial charge in [0, 0.05) is 24.7 Å². The van der Waals surface area contributed by atoms with Gasteiger partial charge in [-0.1, -0.05) is 30.7 Å². The third kappa shape index (κ3) is 7.88. The summed E-state index contributed by atoms with van der Waals surface area (Å²) in [7, 11) is 0. The van der Waals surface area contributed by atoms with Crippen LogP contribution in [0.2, 0.25) is 5.02 Å². The molecule has 1 rings (SSSR count). The van der Waals surface area contributed by atoms with Crippen molar-refractivity contribution in [3.8, 4) is 0 Å². The molecule has 0 spiro atoms. The summed E-state index contributed by atoms with van der Waals surface area (Å²) in [6.45, 7) is 6.30. The minimum absolute atomic E-state index is 0.0612. The van der Waals surface area contributed by atoms with Crippen molar-refractivity contribution in [2.45, 2.75) is 26.7 Å². The summed E-state index contributed by atoms with van der Waals surface area (Å²) in [6.07, 6.45) is 1.76. The van der Waals surface area contributed by atoms with Crippen LogP contribution in [0.25, 0.3) is 0 Å². The third-order valence-electron chi connectivity index (χ3n) is 2.89. The fourth-order valence-corrected chi connectivity index (χ4v) is 2.04. The highest BCUT2D eigenvalue weighted by Crippen LogP contribution is 2.10. The van der Waals surface area contributed by atoms with Crippen molar-refractivity contribution in [3.63, 3.8) is 0 Å². The fraction of sp³-hybridized carbons (Fsp3) is 0.500. The zero-order valence-corrected chi connectivity index (χ0v) is 14.0. The first kappa shape index (κ1) is 18.3. The molecule has 0 saturated heterocycles. The molecular weight excluding hydrogens is 300 g/mol. The molecule has 6 heteroatoms. The number of carbonyl (C=O) groups is 1. The van der Waals surface area contributed by atoms with E-state index in [0.717, 1.165) is 36.5 Å². The van der Waals surface area contributed by atoms with E-state index in [-0.39, 0.29) is 12.5 Å². The van der Waals surface area contributed by atoms with E-state index in [9.17, 15) is 4.79 Å². The van der Waals surface area contributed by atoms with Crippen LogP contribution in [0.1, 0.15) is 25.8 Å². The summed E-state index contributed by atoms with van der Waals surface area (Å²) >= 11 is 5.96. The number of aliphatic imine (C=N–C) groups is 1. The molecule has 5 nitrogen and oxygen atoms in total. The van der Waals surface area contributed by atoms with Crippen molar-refractivity contribution in [3.05, 3.63) is 34.9 Å². The summed E-state index contributed by atoms with van der Waals surface area (Å²) in [5.74, 6) is 0.588. The molecule has 0 atom stereocenters. The van der Waals surface area contributed by atoms with Gasteiger partial charge in [-0.25, -0.2) is 4.99 Å². The maximum Gasteiger partial charge on any atom is 0.241 e. The van der Waals surface area contributed by atoms with Crippen molar-refractivity contribution >= 4 is 23.5 Å². The lowest BCUT2D eigenvalue weighted by Gasteiger charge is -2.11. The standard InChI is InChI=1S/C16H25ClN4O/c1-3-9-19-15(22)12-21-16(18-4-2)20-10-8-13-6-5-7-14(17)11-13/h5-7,11H,3-4,8-10,12H2,1-2H3,(H,19,22)(H2,18,20,21). The number of amides is 1. The highest BCUT2D eigenvalue weighted by molar-refractivity contribution is 6.30. The zero-order valence-electron chi connectivity index (χ0n) is 13.3. The molecule has 0 fully saturated rings. The topological polar surface area (TPSA) is 65.5 Å². The maximum absolute atomic E-state index is 11.6. The number of nitrogens with one attached hydrogen (secondary N) is 3. The predicted octanol–water partition coefficient (Wildman–Crippen LogP) is 1.96. The predicted molar refractivity (Wildman–Crippen MR) is 92.4 cm³/mol. The highest BCUT2D eigenvalue weighted by atomic mass is 35.5. The van der Waals surface area contributed by atoms with Gasteiger partial charge in [-0.2, -0.15) is 0 Å². The Balaban J connectivity index is 2.41. The van der Waals surface area contributed by atoms with Gasteiger partial charge in [-0.05, 0) is 37.5 Å². The van der Waals surface area contributed by atoms with Crippen LogP contribution in [0, 0.1) is 0 Å². The Morgan fingerprint density at radius 3 is 2.68 bits per heavy atom. The van der Waals surface area contributed by atoms with Crippen LogP contribution in [0.15, 0.2) is 29.3 Å². The molecule has 0 heterocycles. The van der Waals surface area contributed by atoms with Crippen molar-refractivity contribution in [2.75, 3.05) is 26.2 Å². The molecule has 1 aromatic carbocycles. The van der Waals surface area contributed by atoms with E-state index < -0.39 is 0 Å². The van der Waals surface area contributed by atoms with Crippen molar-refractivity contribution in [1.29, 1.82) is 0 Å². The second kappa shape index (κ2) is 10.9. The normalized spacial score (nSPS) is 11.1. The van der Waals surface area contributed by atoms with Crippen LogP contribution in [0.5, 0.6) is 0 Å². The van der Waals surface area contributed by atoms with E-state index >= 15 is 0 Å². The number of nitrogens with zero attached hydrogens (tertiary/aromatic N) is 1. The van der Waals surface area contributed by atoms with Crippen LogP contribution in [-0.2, 0) is 11.2 Å². The Morgan fingerprint density at radius 2 is 2.00 bits per heavy atom. The molecule has 1 amide bonds. The fourth-order valence-electron chi connectivity index (χ4n) is 1.83. The molecule has 22 heavy (non-hydrogen) atoms. The molecule has 0 saturated carbocycles. The van der Waals surface area contributed by atoms with Gasteiger partial charge >= 0.3 is 0 Å². The van der Waals surface area contributed by atoms with Gasteiger partial charge in [0.1, 0.15) is 6.54 Å². The van der Waals surface area contributed by atoms with E-state index in [1.807, 2.05) is 38.1 Å². The average molecular weight is 325 g/mol. The molecular formula is C16H25ClN4O. The van der Waals surface area contributed by atoms with Gasteiger partial charge in [0.25, 0.3) is 0 Å². The van der Waals surface area contributed by atoms with Crippen molar-refractivity contribution < 1.29 is 4.79 Å². The van der Waals surface area contributed by atoms with Gasteiger partial charge in [-0.15, -0.1) is 0 Å². The number of carbonyl (C=O) groups excluding carboxylic acids is 1. The number of hydrogen-bond donors (Lipinski definition) is 3. The minimum Gasteiger partial charge on any atom is -0.357 e. The lowest BCUT2D eigenvalue weighted by molar-refractivity contribution is -0.119. The van der Waals surface area contributed by atoms with Crippen LogP contribution < -0.4 is 16.0 Å². The summed E-state index contributed by atoms with van der Waals surface area (Å²) in [6, 6.07) is 7.79. The molecule has 1 aromatic rings. The summed E-state index contributed by atoms with van der Waals surface area (Å²) in [5, 5.41) is 9.88. The molecule has 0 radical (unpaired) electrons. The zero-order chi connectivity index (χ0) is 16.2. The SMILES string of the molecule is CCCNC(=O)CN=C(NCC)NCCc1cccc(Cl)c1. The Bertz CT molecular complexity index is 491. The number of hydrogen-bond acceptors (Lipinski definition) is 2. The quantitative estimate of drug-likeness (QED) is 0.506. The van der Waals surface area contributed by atoms with Gasteiger partial charge in [0.15, 0.2) is 5.96 Å². The van der Waals surface area contributed by atoms with Crippen LogP contribution in [-0.4, -0.2) is 38.0 Å². The monoisotopic (exact) mass is 324 g/mol. The summed E-state index contributed by atoms with van der Waals surface area (Å²) in [4.78, 5) is 15.8. The average Bonchev–Trinajstić information content (AvgIpc) is 2.50. The molecule has 0 aromatic heterocycles. The summed E-state index contributed by atoms with van der Waals surface area (Å²) in [5.41, 5.74) is 1.16. The molecule has 0 aliphatic rings. The molecule has 122 valence electrons. The highest BCUT2D eigenvalue weighted by Gasteiger charge is 2.01. The first-order valence-corrected chi connectivity index (χ1v) is 8.06. The van der Waals surface area contributed by atoms with Gasteiger partial charge in [0.05, 0.1) is 0 Å². The largest absolute Gasteiger partial charge is 0.357 e. The molecule has 3 N–H and O–H groups in total. The summed E-state index contributed by atoms with van der Waals surface area (Å²) < 4.78 is 0. The first-order chi connectivity index (χ1) is 10.7. The van der Waals surface area contributed by atoms with Crippen molar-refractivity contribution in [2.24, 2.45) is 4.99 Å². The van der Waals surface area contributed by atoms with Crippen LogP contribution in [0.4, 0.5) is 0 Å². The Kier molecular flexibility index (Phi) is 9.07. The van der Waals surface area contributed by atoms with E-state index in [2.05, 4.69) is 20.9 Å². The number of halogens is 1. The maximum atomic E-state index is 11.6. The first-order valence-electron chi connectivity index (χ1n) is 7.69. The molecule has 0 aliphatic carbocycles. The van der Waals surface area contributed by atoms with E-state index in [1.54, 1.807) is 0 Å². The van der Waals surface area contributed by atoms with Gasteiger partial charge < -0.3 is 16.0 Å².